The molecule has 5 rings (SSSR count). The van der Waals surface area contributed by atoms with Crippen LogP contribution < -0.4 is 26.1 Å². The van der Waals surface area contributed by atoms with Crippen molar-refractivity contribution in [2.45, 2.75) is 12.8 Å². The molecule has 33 heavy (non-hydrogen) atoms. The van der Waals surface area contributed by atoms with E-state index < -0.39 is 17.4 Å². The Hall–Kier alpha value is -4.71. The maximum absolute atomic E-state index is 13.3. The highest BCUT2D eigenvalue weighted by atomic mass is 16.7. The summed E-state index contributed by atoms with van der Waals surface area (Å²) < 4.78 is 16.3. The van der Waals surface area contributed by atoms with Gasteiger partial charge in [-0.2, -0.15) is 5.26 Å². The Morgan fingerprint density at radius 3 is 2.64 bits per heavy atom. The molecule has 3 heterocycles. The molecule has 0 fully saturated rings. The van der Waals surface area contributed by atoms with Crippen LogP contribution >= 0.6 is 0 Å². The summed E-state index contributed by atoms with van der Waals surface area (Å²) in [6, 6.07) is 15.9. The molecule has 0 radical (unpaired) electrons. The molecular weight excluding hydrogens is 424 g/mol. The number of nitrogens with one attached hydrogen (secondary N) is 2. The number of fused-ring (bicyclic) bond motifs is 2. The van der Waals surface area contributed by atoms with Crippen LogP contribution in [0.3, 0.4) is 0 Å². The lowest BCUT2D eigenvalue weighted by Crippen LogP contribution is -2.30. The third-order valence-corrected chi connectivity index (χ3v) is 5.56. The van der Waals surface area contributed by atoms with Gasteiger partial charge >= 0.3 is 0 Å². The monoisotopic (exact) mass is 442 g/mol. The predicted molar refractivity (Wildman–Crippen MR) is 119 cm³/mol. The fourth-order valence-electron chi connectivity index (χ4n) is 4.03. The van der Waals surface area contributed by atoms with Gasteiger partial charge in [-0.05, 0) is 31.2 Å². The summed E-state index contributed by atoms with van der Waals surface area (Å²) in [6.45, 7) is 1.66. The number of hydrogen-bond donors (Lipinski definition) is 3. The second-order valence-corrected chi connectivity index (χ2v) is 7.56. The van der Waals surface area contributed by atoms with Gasteiger partial charge in [-0.3, -0.25) is 9.59 Å². The molecule has 2 aromatic carbocycles. The normalized spacial score (nSPS) is 17.0. The van der Waals surface area contributed by atoms with Crippen LogP contribution in [0.25, 0.3) is 10.9 Å². The number of aromatic amines is 1. The Kier molecular flexibility index (Phi) is 4.75. The molecule has 164 valence electrons. The number of para-hydroxylation sites is 1. The van der Waals surface area contributed by atoms with Gasteiger partial charge in [0.05, 0.1) is 17.0 Å². The quantitative estimate of drug-likeness (QED) is 0.566. The number of nitriles is 1. The van der Waals surface area contributed by atoms with Crippen molar-refractivity contribution in [1.29, 1.82) is 5.26 Å². The van der Waals surface area contributed by atoms with Crippen molar-refractivity contribution >= 4 is 22.5 Å². The highest BCUT2D eigenvalue weighted by Gasteiger charge is 2.37. The Balaban J connectivity index is 1.66. The molecule has 0 saturated carbocycles. The van der Waals surface area contributed by atoms with Crippen molar-refractivity contribution in [3.63, 3.8) is 0 Å². The number of allylic oxidation sites excluding steroid dienone is 2. The van der Waals surface area contributed by atoms with Crippen LogP contribution in [-0.2, 0) is 9.53 Å². The van der Waals surface area contributed by atoms with Gasteiger partial charge in [-0.1, -0.05) is 18.2 Å². The standard InChI is InChI=1S/C24H18N4O5/c1-12-20(24(30)27-14-5-3-2-4-6-14)21(16(10-25)22(26)33-12)15-7-13-8-18-19(32-11-31-18)9-17(13)28-23(15)29/h2-9,21H,11,26H2,1H3,(H,27,30)(H,28,29). The third-order valence-electron chi connectivity index (χ3n) is 5.56. The first-order valence-corrected chi connectivity index (χ1v) is 10.1. The van der Waals surface area contributed by atoms with Crippen LogP contribution in [0.15, 0.2) is 76.1 Å². The second kappa shape index (κ2) is 7.76. The van der Waals surface area contributed by atoms with Gasteiger partial charge in [-0.15, -0.1) is 0 Å². The number of anilines is 1. The van der Waals surface area contributed by atoms with E-state index in [0.717, 1.165) is 0 Å². The molecule has 1 atom stereocenters. The van der Waals surface area contributed by atoms with Crippen LogP contribution in [0.4, 0.5) is 5.69 Å². The number of pyridine rings is 1. The molecule has 4 N–H and O–H groups in total. The van der Waals surface area contributed by atoms with E-state index in [0.29, 0.717) is 28.1 Å². The van der Waals surface area contributed by atoms with E-state index in [2.05, 4.69) is 10.3 Å². The third kappa shape index (κ3) is 3.43. The number of carbonyl (C=O) groups excluding carboxylic acids is 1. The Morgan fingerprint density at radius 1 is 1.18 bits per heavy atom. The number of carbonyl (C=O) groups is 1. The van der Waals surface area contributed by atoms with E-state index >= 15 is 0 Å². The molecule has 0 bridgehead atoms. The fourth-order valence-corrected chi connectivity index (χ4v) is 4.03. The first-order chi connectivity index (χ1) is 16.0. The van der Waals surface area contributed by atoms with Gasteiger partial charge in [-0.25, -0.2) is 0 Å². The van der Waals surface area contributed by atoms with E-state index in [1.165, 1.54) is 0 Å². The highest BCUT2D eigenvalue weighted by molar-refractivity contribution is 6.06. The van der Waals surface area contributed by atoms with E-state index in [9.17, 15) is 14.9 Å². The number of aromatic nitrogens is 1. The molecule has 0 spiro atoms. The lowest BCUT2D eigenvalue weighted by Gasteiger charge is -2.27. The first kappa shape index (κ1) is 20.2. The zero-order valence-electron chi connectivity index (χ0n) is 17.5. The first-order valence-electron chi connectivity index (χ1n) is 10.1. The number of nitrogens with two attached hydrogens (primary N) is 1. The molecule has 9 nitrogen and oxygen atoms in total. The Bertz CT molecular complexity index is 1460. The summed E-state index contributed by atoms with van der Waals surface area (Å²) in [4.78, 5) is 29.2. The number of amides is 1. The van der Waals surface area contributed by atoms with Gasteiger partial charge in [0, 0.05) is 22.7 Å². The number of rotatable bonds is 3. The van der Waals surface area contributed by atoms with Gasteiger partial charge in [0.2, 0.25) is 12.7 Å². The molecular formula is C24H18N4O5. The summed E-state index contributed by atoms with van der Waals surface area (Å²) in [5.41, 5.74) is 6.88. The van der Waals surface area contributed by atoms with E-state index in [4.69, 9.17) is 19.9 Å². The average molecular weight is 442 g/mol. The molecule has 1 aromatic heterocycles. The maximum Gasteiger partial charge on any atom is 0.255 e. The number of H-pyrrole nitrogens is 1. The highest BCUT2D eigenvalue weighted by Crippen LogP contribution is 2.40. The minimum absolute atomic E-state index is 0.0237. The molecule has 3 aromatic rings. The smallest absolute Gasteiger partial charge is 0.255 e. The Labute approximate surface area is 187 Å². The SMILES string of the molecule is CC1=C(C(=O)Nc2ccccc2)C(c2cc3cc4c(cc3[nH]c2=O)OCO4)C(C#N)=C(N)O1. The fraction of sp³-hybridized carbons (Fsp3) is 0.125. The van der Waals surface area contributed by atoms with Gasteiger partial charge in [0.25, 0.3) is 11.5 Å². The van der Waals surface area contributed by atoms with Crippen molar-refractivity contribution in [1.82, 2.24) is 4.98 Å². The van der Waals surface area contributed by atoms with Crippen molar-refractivity contribution in [2.24, 2.45) is 5.73 Å². The van der Waals surface area contributed by atoms with Crippen molar-refractivity contribution in [2.75, 3.05) is 12.1 Å². The molecule has 9 heteroatoms. The summed E-state index contributed by atoms with van der Waals surface area (Å²) >= 11 is 0. The van der Waals surface area contributed by atoms with Gasteiger partial charge in [0.15, 0.2) is 11.5 Å². The van der Waals surface area contributed by atoms with Gasteiger partial charge < -0.3 is 30.2 Å². The van der Waals surface area contributed by atoms with Crippen LogP contribution in [0.2, 0.25) is 0 Å². The zero-order chi connectivity index (χ0) is 23.1. The predicted octanol–water partition coefficient (Wildman–Crippen LogP) is 2.98. The largest absolute Gasteiger partial charge is 0.454 e. The summed E-state index contributed by atoms with van der Waals surface area (Å²) in [5, 5.41) is 13.3. The molecule has 1 amide bonds. The maximum atomic E-state index is 13.3. The topological polar surface area (TPSA) is 139 Å². The van der Waals surface area contributed by atoms with Crippen molar-refractivity contribution in [3.05, 3.63) is 87.2 Å². The lowest BCUT2D eigenvalue weighted by molar-refractivity contribution is -0.113. The van der Waals surface area contributed by atoms with Gasteiger partial charge in [0.1, 0.15) is 17.4 Å². The number of ether oxygens (including phenoxy) is 3. The summed E-state index contributed by atoms with van der Waals surface area (Å²) in [5.74, 6) is -0.411. The number of benzene rings is 2. The minimum Gasteiger partial charge on any atom is -0.454 e. The van der Waals surface area contributed by atoms with Crippen LogP contribution in [-0.4, -0.2) is 17.7 Å². The summed E-state index contributed by atoms with van der Waals surface area (Å²) in [6.07, 6.45) is 0. The average Bonchev–Trinajstić information content (AvgIpc) is 3.24. The van der Waals surface area contributed by atoms with Crippen molar-refractivity contribution < 1.29 is 19.0 Å². The number of hydrogen-bond acceptors (Lipinski definition) is 7. The number of nitrogens with zero attached hydrogens (tertiary/aromatic N) is 1. The lowest BCUT2D eigenvalue weighted by atomic mass is 9.82. The summed E-state index contributed by atoms with van der Waals surface area (Å²) in [7, 11) is 0. The second-order valence-electron chi connectivity index (χ2n) is 7.56. The van der Waals surface area contributed by atoms with Crippen molar-refractivity contribution in [3.8, 4) is 17.6 Å². The zero-order valence-corrected chi connectivity index (χ0v) is 17.5. The van der Waals surface area contributed by atoms with Crippen LogP contribution in [0.1, 0.15) is 18.4 Å². The molecule has 2 aliphatic rings. The molecule has 0 saturated heterocycles. The molecule has 0 aliphatic carbocycles. The van der Waals surface area contributed by atoms with Crippen LogP contribution in [0.5, 0.6) is 11.5 Å². The molecule has 2 aliphatic heterocycles. The minimum atomic E-state index is -1.02. The van der Waals surface area contributed by atoms with Crippen LogP contribution in [0, 0.1) is 11.3 Å². The van der Waals surface area contributed by atoms with E-state index in [1.807, 2.05) is 12.1 Å². The van der Waals surface area contributed by atoms with E-state index in [-0.39, 0.29) is 35.1 Å². The molecule has 1 unspecified atom stereocenters. The van der Waals surface area contributed by atoms with E-state index in [1.54, 1.807) is 49.4 Å². The Morgan fingerprint density at radius 2 is 1.91 bits per heavy atom.